The van der Waals surface area contributed by atoms with Gasteiger partial charge >= 0.3 is 5.97 Å². The number of aryl methyl sites for hydroxylation is 1. The first-order valence-corrected chi connectivity index (χ1v) is 7.13. The van der Waals surface area contributed by atoms with E-state index in [9.17, 15) is 9.90 Å². The van der Waals surface area contributed by atoms with Crippen LogP contribution in [0.5, 0.6) is 0 Å². The molecule has 0 aliphatic carbocycles. The number of fused-ring (bicyclic) bond motifs is 1. The maximum absolute atomic E-state index is 11.2. The number of hydrogen-bond donors (Lipinski definition) is 1. The number of aromatic nitrogens is 3. The van der Waals surface area contributed by atoms with E-state index in [0.717, 1.165) is 15.9 Å². The van der Waals surface area contributed by atoms with Gasteiger partial charge in [0.1, 0.15) is 0 Å². The molecule has 2 heterocycles. The SMILES string of the molecule is Cc1nn(-c2ccc3c(C(=O)O)cccc3n2)c(C)c1Br. The average molecular weight is 346 g/mol. The van der Waals surface area contributed by atoms with Gasteiger partial charge in [-0.25, -0.2) is 14.5 Å². The summed E-state index contributed by atoms with van der Waals surface area (Å²) in [5, 5.41) is 14.3. The van der Waals surface area contributed by atoms with Crippen molar-refractivity contribution in [2.45, 2.75) is 13.8 Å². The normalized spacial score (nSPS) is 11.0. The van der Waals surface area contributed by atoms with Crippen molar-refractivity contribution >= 4 is 32.8 Å². The van der Waals surface area contributed by atoms with Gasteiger partial charge in [0, 0.05) is 5.39 Å². The number of carboxylic acids is 1. The Hall–Kier alpha value is -2.21. The topological polar surface area (TPSA) is 68.0 Å². The molecule has 0 saturated heterocycles. The summed E-state index contributed by atoms with van der Waals surface area (Å²) in [6.07, 6.45) is 0. The van der Waals surface area contributed by atoms with Crippen LogP contribution in [0.25, 0.3) is 16.7 Å². The maximum Gasteiger partial charge on any atom is 0.336 e. The molecular formula is C15H12BrN3O2. The minimum Gasteiger partial charge on any atom is -0.478 e. The first-order chi connectivity index (χ1) is 9.99. The zero-order valence-electron chi connectivity index (χ0n) is 11.5. The second-order valence-corrected chi connectivity index (χ2v) is 5.54. The number of benzene rings is 1. The summed E-state index contributed by atoms with van der Waals surface area (Å²) in [7, 11) is 0. The van der Waals surface area contributed by atoms with Crippen LogP contribution in [0.1, 0.15) is 21.7 Å². The van der Waals surface area contributed by atoms with Gasteiger partial charge in [0.15, 0.2) is 5.82 Å². The zero-order valence-corrected chi connectivity index (χ0v) is 13.0. The van der Waals surface area contributed by atoms with Gasteiger partial charge in [-0.1, -0.05) is 6.07 Å². The predicted molar refractivity (Wildman–Crippen MR) is 83.0 cm³/mol. The zero-order chi connectivity index (χ0) is 15.1. The van der Waals surface area contributed by atoms with E-state index in [1.165, 1.54) is 0 Å². The molecule has 1 aromatic carbocycles. The highest BCUT2D eigenvalue weighted by atomic mass is 79.9. The fourth-order valence-corrected chi connectivity index (χ4v) is 2.54. The summed E-state index contributed by atoms with van der Waals surface area (Å²) in [5.41, 5.74) is 2.72. The van der Waals surface area contributed by atoms with Gasteiger partial charge in [0.05, 0.1) is 26.9 Å². The van der Waals surface area contributed by atoms with Crippen molar-refractivity contribution in [2.24, 2.45) is 0 Å². The number of nitrogens with zero attached hydrogens (tertiary/aromatic N) is 3. The van der Waals surface area contributed by atoms with Crippen LogP contribution in [0, 0.1) is 13.8 Å². The Morgan fingerprint density at radius 3 is 2.62 bits per heavy atom. The van der Waals surface area contributed by atoms with Crippen LogP contribution in [0.2, 0.25) is 0 Å². The fourth-order valence-electron chi connectivity index (χ4n) is 2.30. The Labute approximate surface area is 129 Å². The lowest BCUT2D eigenvalue weighted by molar-refractivity contribution is 0.0699. The molecule has 0 aliphatic heterocycles. The third kappa shape index (κ3) is 2.21. The van der Waals surface area contributed by atoms with Crippen LogP contribution in [-0.2, 0) is 0 Å². The third-order valence-electron chi connectivity index (χ3n) is 3.37. The molecule has 106 valence electrons. The van der Waals surface area contributed by atoms with Gasteiger partial charge in [-0.15, -0.1) is 0 Å². The van der Waals surface area contributed by atoms with Crippen molar-refractivity contribution in [1.82, 2.24) is 14.8 Å². The largest absolute Gasteiger partial charge is 0.478 e. The van der Waals surface area contributed by atoms with Crippen LogP contribution in [-0.4, -0.2) is 25.8 Å². The molecule has 0 radical (unpaired) electrons. The number of rotatable bonds is 2. The van der Waals surface area contributed by atoms with Crippen molar-refractivity contribution in [3.63, 3.8) is 0 Å². The number of pyridine rings is 1. The molecule has 0 bridgehead atoms. The van der Waals surface area contributed by atoms with Gasteiger partial charge in [-0.05, 0) is 54.0 Å². The minimum atomic E-state index is -0.955. The Morgan fingerprint density at radius 2 is 2.00 bits per heavy atom. The quantitative estimate of drug-likeness (QED) is 0.771. The fraction of sp³-hybridized carbons (Fsp3) is 0.133. The van der Waals surface area contributed by atoms with E-state index in [0.29, 0.717) is 16.7 Å². The van der Waals surface area contributed by atoms with Crippen molar-refractivity contribution in [2.75, 3.05) is 0 Å². The van der Waals surface area contributed by atoms with Gasteiger partial charge in [-0.2, -0.15) is 5.10 Å². The smallest absolute Gasteiger partial charge is 0.336 e. The van der Waals surface area contributed by atoms with Crippen molar-refractivity contribution in [3.8, 4) is 5.82 Å². The monoisotopic (exact) mass is 345 g/mol. The highest BCUT2D eigenvalue weighted by Gasteiger charge is 2.13. The lowest BCUT2D eigenvalue weighted by atomic mass is 10.1. The van der Waals surface area contributed by atoms with Gasteiger partial charge in [0.25, 0.3) is 0 Å². The van der Waals surface area contributed by atoms with E-state index >= 15 is 0 Å². The lowest BCUT2D eigenvalue weighted by Crippen LogP contribution is -2.03. The van der Waals surface area contributed by atoms with Crippen molar-refractivity contribution in [1.29, 1.82) is 0 Å². The highest BCUT2D eigenvalue weighted by molar-refractivity contribution is 9.10. The first kappa shape index (κ1) is 13.8. The molecule has 0 fully saturated rings. The third-order valence-corrected chi connectivity index (χ3v) is 4.52. The Kier molecular flexibility index (Phi) is 3.25. The molecule has 3 rings (SSSR count). The van der Waals surface area contributed by atoms with Crippen LogP contribution < -0.4 is 0 Å². The van der Waals surface area contributed by atoms with E-state index in [1.807, 2.05) is 13.8 Å². The summed E-state index contributed by atoms with van der Waals surface area (Å²) >= 11 is 3.49. The molecule has 3 aromatic rings. The summed E-state index contributed by atoms with van der Waals surface area (Å²) in [5.74, 6) is -0.291. The minimum absolute atomic E-state index is 0.251. The predicted octanol–water partition coefficient (Wildman–Crippen LogP) is 3.50. The van der Waals surface area contributed by atoms with Crippen molar-refractivity contribution in [3.05, 3.63) is 51.8 Å². The summed E-state index contributed by atoms with van der Waals surface area (Å²) in [6, 6.07) is 8.61. The van der Waals surface area contributed by atoms with Crippen LogP contribution in [0.4, 0.5) is 0 Å². The number of carboxylic acid groups (broad SMARTS) is 1. The van der Waals surface area contributed by atoms with Crippen LogP contribution >= 0.6 is 15.9 Å². The number of aromatic carboxylic acids is 1. The Morgan fingerprint density at radius 1 is 1.24 bits per heavy atom. The van der Waals surface area contributed by atoms with Gasteiger partial charge < -0.3 is 5.11 Å². The van der Waals surface area contributed by atoms with Crippen LogP contribution in [0.15, 0.2) is 34.8 Å². The summed E-state index contributed by atoms with van der Waals surface area (Å²) in [4.78, 5) is 15.7. The van der Waals surface area contributed by atoms with Gasteiger partial charge in [-0.3, -0.25) is 0 Å². The van der Waals surface area contributed by atoms with E-state index in [-0.39, 0.29) is 5.56 Å². The van der Waals surface area contributed by atoms with Crippen molar-refractivity contribution < 1.29 is 9.90 Å². The number of halogens is 1. The second-order valence-electron chi connectivity index (χ2n) is 4.74. The molecule has 0 unspecified atom stereocenters. The summed E-state index contributed by atoms with van der Waals surface area (Å²) < 4.78 is 2.69. The van der Waals surface area contributed by atoms with Gasteiger partial charge in [0.2, 0.25) is 0 Å². The molecule has 6 heteroatoms. The average Bonchev–Trinajstić information content (AvgIpc) is 2.73. The lowest BCUT2D eigenvalue weighted by Gasteiger charge is -2.06. The first-order valence-electron chi connectivity index (χ1n) is 6.34. The molecule has 0 saturated carbocycles. The van der Waals surface area contributed by atoms with E-state index in [1.54, 1.807) is 35.0 Å². The number of hydrogen-bond acceptors (Lipinski definition) is 3. The molecule has 5 nitrogen and oxygen atoms in total. The van der Waals surface area contributed by atoms with E-state index < -0.39 is 5.97 Å². The molecule has 0 spiro atoms. The Balaban J connectivity index is 2.22. The molecule has 2 aromatic heterocycles. The molecule has 0 aliphatic rings. The highest BCUT2D eigenvalue weighted by Crippen LogP contribution is 2.24. The number of carbonyl (C=O) groups is 1. The second kappa shape index (κ2) is 4.96. The molecule has 21 heavy (non-hydrogen) atoms. The Bertz CT molecular complexity index is 871. The van der Waals surface area contributed by atoms with E-state index in [4.69, 9.17) is 0 Å². The summed E-state index contributed by atoms with van der Waals surface area (Å²) in [6.45, 7) is 3.86. The van der Waals surface area contributed by atoms with E-state index in [2.05, 4.69) is 26.0 Å². The standard InChI is InChI=1S/C15H12BrN3O2/c1-8-14(16)9(2)19(18-8)13-7-6-10-11(15(20)21)4-3-5-12(10)17-13/h3-7H,1-2H3,(H,20,21). The molecule has 0 amide bonds. The molecule has 1 N–H and O–H groups in total. The van der Waals surface area contributed by atoms with Crippen LogP contribution in [0.3, 0.4) is 0 Å². The molecular weight excluding hydrogens is 334 g/mol. The molecule has 0 atom stereocenters. The maximum atomic E-state index is 11.2.